The van der Waals surface area contributed by atoms with Crippen molar-refractivity contribution in [1.82, 2.24) is 6.15 Å². The highest BCUT2D eigenvalue weighted by molar-refractivity contribution is 5.73. The number of carboxylic acid groups (broad SMARTS) is 4. The zero-order chi connectivity index (χ0) is 14.3. The van der Waals surface area contributed by atoms with Crippen LogP contribution in [0.15, 0.2) is 0 Å². The molecular weight excluding hydrogens is 262 g/mol. The number of carboxylic acids is 4. The summed E-state index contributed by atoms with van der Waals surface area (Å²) in [5, 5.41) is 34.5. The molecule has 0 heterocycles. The van der Waals surface area contributed by atoms with Gasteiger partial charge in [0.1, 0.15) is 0 Å². The molecule has 0 rings (SSSR count). The predicted molar refractivity (Wildman–Crippen MR) is 61.0 cm³/mol. The lowest BCUT2D eigenvalue weighted by atomic mass is 9.82. The molecule has 19 heavy (non-hydrogen) atoms. The van der Waals surface area contributed by atoms with Crippen LogP contribution in [-0.2, 0) is 19.2 Å². The lowest BCUT2D eigenvalue weighted by Crippen LogP contribution is -2.26. The van der Waals surface area contributed by atoms with Crippen LogP contribution in [0.25, 0.3) is 0 Å². The maximum atomic E-state index is 10.6. The third kappa shape index (κ3) is 9.53. The quantitative estimate of drug-likeness (QED) is 0.395. The second-order valence-electron chi connectivity index (χ2n) is 3.91. The zero-order valence-electron chi connectivity index (χ0n) is 10.1. The highest BCUT2D eigenvalue weighted by atomic mass is 16.4. The van der Waals surface area contributed by atoms with Gasteiger partial charge in [-0.1, -0.05) is 0 Å². The third-order valence-electron chi connectivity index (χ3n) is 2.41. The largest absolute Gasteiger partial charge is 0.481 e. The van der Waals surface area contributed by atoms with E-state index in [4.69, 9.17) is 20.4 Å². The zero-order valence-corrected chi connectivity index (χ0v) is 10.1. The summed E-state index contributed by atoms with van der Waals surface area (Å²) in [4.78, 5) is 42.3. The topological polar surface area (TPSA) is 184 Å². The van der Waals surface area contributed by atoms with E-state index in [0.717, 1.165) is 0 Å². The first kappa shape index (κ1) is 19.2. The normalized spacial score (nSPS) is 10.0. The fourth-order valence-electron chi connectivity index (χ4n) is 1.71. The van der Waals surface area contributed by atoms with Gasteiger partial charge in [0.15, 0.2) is 0 Å². The van der Waals surface area contributed by atoms with Crippen molar-refractivity contribution in [2.24, 2.45) is 11.8 Å². The maximum Gasteiger partial charge on any atom is 0.303 e. The summed E-state index contributed by atoms with van der Waals surface area (Å²) in [6, 6.07) is 0. The Balaban J connectivity index is 0. The van der Waals surface area contributed by atoms with Crippen molar-refractivity contribution in [2.45, 2.75) is 25.7 Å². The molecular formula is C10H17NO8. The van der Waals surface area contributed by atoms with Crippen LogP contribution in [0.5, 0.6) is 0 Å². The second-order valence-corrected chi connectivity index (χ2v) is 3.91. The number of carbonyl (C=O) groups is 4. The average molecular weight is 279 g/mol. The van der Waals surface area contributed by atoms with Gasteiger partial charge in [0, 0.05) is 25.7 Å². The number of rotatable bonds is 9. The van der Waals surface area contributed by atoms with Crippen molar-refractivity contribution < 1.29 is 39.6 Å². The average Bonchev–Trinajstić information content (AvgIpc) is 2.12. The Morgan fingerprint density at radius 2 is 0.737 bits per heavy atom. The SMILES string of the molecule is N.O=C(O)CC(CC(=O)O)C(CC(=O)O)CC(=O)O. The summed E-state index contributed by atoms with van der Waals surface area (Å²) in [6.45, 7) is 0. The summed E-state index contributed by atoms with van der Waals surface area (Å²) < 4.78 is 0. The first-order valence-corrected chi connectivity index (χ1v) is 5.09. The lowest BCUT2D eigenvalue weighted by Gasteiger charge is -2.21. The summed E-state index contributed by atoms with van der Waals surface area (Å²) in [7, 11) is 0. The number of hydrogen-bond donors (Lipinski definition) is 5. The van der Waals surface area contributed by atoms with E-state index in [0.29, 0.717) is 0 Å². The molecule has 0 aliphatic rings. The van der Waals surface area contributed by atoms with E-state index in [1.165, 1.54) is 0 Å². The third-order valence-corrected chi connectivity index (χ3v) is 2.41. The Morgan fingerprint density at radius 1 is 0.579 bits per heavy atom. The molecule has 0 saturated heterocycles. The highest BCUT2D eigenvalue weighted by Crippen LogP contribution is 2.26. The predicted octanol–water partition coefficient (Wildman–Crippen LogP) is 0.280. The van der Waals surface area contributed by atoms with Crippen molar-refractivity contribution >= 4 is 23.9 Å². The molecule has 7 N–H and O–H groups in total. The van der Waals surface area contributed by atoms with Crippen molar-refractivity contribution in [3.8, 4) is 0 Å². The Bertz CT molecular complexity index is 287. The molecule has 0 bridgehead atoms. The lowest BCUT2D eigenvalue weighted by molar-refractivity contribution is -0.147. The maximum absolute atomic E-state index is 10.6. The summed E-state index contributed by atoms with van der Waals surface area (Å²) in [6.07, 6.45) is -2.29. The molecule has 0 fully saturated rings. The van der Waals surface area contributed by atoms with Crippen molar-refractivity contribution in [2.75, 3.05) is 0 Å². The first-order valence-electron chi connectivity index (χ1n) is 5.09. The van der Waals surface area contributed by atoms with E-state index in [-0.39, 0.29) is 6.15 Å². The number of aliphatic carboxylic acids is 4. The van der Waals surface area contributed by atoms with E-state index >= 15 is 0 Å². The van der Waals surface area contributed by atoms with Gasteiger partial charge in [0.25, 0.3) is 0 Å². The van der Waals surface area contributed by atoms with Crippen molar-refractivity contribution in [3.05, 3.63) is 0 Å². The van der Waals surface area contributed by atoms with Crippen LogP contribution in [0.4, 0.5) is 0 Å². The molecule has 9 heteroatoms. The van der Waals surface area contributed by atoms with Crippen LogP contribution in [0.3, 0.4) is 0 Å². The van der Waals surface area contributed by atoms with Gasteiger partial charge >= 0.3 is 23.9 Å². The minimum Gasteiger partial charge on any atom is -0.481 e. The molecule has 0 amide bonds. The van der Waals surface area contributed by atoms with Crippen LogP contribution >= 0.6 is 0 Å². The van der Waals surface area contributed by atoms with E-state index in [9.17, 15) is 19.2 Å². The molecule has 0 aromatic heterocycles. The van der Waals surface area contributed by atoms with Crippen molar-refractivity contribution in [3.63, 3.8) is 0 Å². The molecule has 0 aromatic carbocycles. The highest BCUT2D eigenvalue weighted by Gasteiger charge is 2.30. The Labute approximate surface area is 108 Å². The summed E-state index contributed by atoms with van der Waals surface area (Å²) >= 11 is 0. The fourth-order valence-corrected chi connectivity index (χ4v) is 1.71. The van der Waals surface area contributed by atoms with Gasteiger partial charge in [-0.25, -0.2) is 0 Å². The molecule has 0 saturated carbocycles. The molecule has 0 unspecified atom stereocenters. The Hall–Kier alpha value is -2.16. The monoisotopic (exact) mass is 279 g/mol. The fraction of sp³-hybridized carbons (Fsp3) is 0.600. The van der Waals surface area contributed by atoms with Crippen LogP contribution in [-0.4, -0.2) is 44.3 Å². The van der Waals surface area contributed by atoms with E-state index < -0.39 is 61.4 Å². The molecule has 0 spiro atoms. The van der Waals surface area contributed by atoms with Crippen molar-refractivity contribution in [1.29, 1.82) is 0 Å². The van der Waals surface area contributed by atoms with E-state index in [2.05, 4.69) is 0 Å². The molecule has 110 valence electrons. The molecule has 0 radical (unpaired) electrons. The molecule has 0 aliphatic carbocycles. The van der Waals surface area contributed by atoms with E-state index in [1.807, 2.05) is 0 Å². The van der Waals surface area contributed by atoms with Gasteiger partial charge in [0.05, 0.1) is 0 Å². The Kier molecular flexibility index (Phi) is 8.95. The van der Waals surface area contributed by atoms with Gasteiger partial charge in [0.2, 0.25) is 0 Å². The molecule has 0 atom stereocenters. The molecule has 0 aromatic rings. The minimum atomic E-state index is -1.29. The first-order chi connectivity index (χ1) is 8.22. The second kappa shape index (κ2) is 8.86. The number of hydrogen-bond acceptors (Lipinski definition) is 5. The van der Waals surface area contributed by atoms with Crippen LogP contribution < -0.4 is 6.15 Å². The van der Waals surface area contributed by atoms with Gasteiger partial charge in [-0.15, -0.1) is 0 Å². The van der Waals surface area contributed by atoms with Crippen LogP contribution in [0.2, 0.25) is 0 Å². The standard InChI is InChI=1S/C10H14O8.H3N/c11-7(12)1-5(2-8(13)14)6(3-9(15)16)4-10(17)18;/h5-6H,1-4H2,(H,11,12)(H,13,14)(H,15,16)(H,17,18);1H3. The van der Waals surface area contributed by atoms with Crippen LogP contribution in [0, 0.1) is 11.8 Å². The Morgan fingerprint density at radius 3 is 0.842 bits per heavy atom. The van der Waals surface area contributed by atoms with E-state index in [1.54, 1.807) is 0 Å². The van der Waals surface area contributed by atoms with Gasteiger partial charge in [-0.05, 0) is 11.8 Å². The van der Waals surface area contributed by atoms with Gasteiger partial charge in [-0.2, -0.15) is 0 Å². The summed E-state index contributed by atoms with van der Waals surface area (Å²) in [5.41, 5.74) is 0. The summed E-state index contributed by atoms with van der Waals surface area (Å²) in [5.74, 6) is -7.20. The molecule has 0 aliphatic heterocycles. The minimum absolute atomic E-state index is 0. The molecule has 9 nitrogen and oxygen atoms in total. The smallest absolute Gasteiger partial charge is 0.303 e. The van der Waals surface area contributed by atoms with Crippen LogP contribution in [0.1, 0.15) is 25.7 Å². The van der Waals surface area contributed by atoms with Gasteiger partial charge in [-0.3, -0.25) is 19.2 Å². The van der Waals surface area contributed by atoms with Gasteiger partial charge < -0.3 is 26.6 Å².